The number of likely N-dealkylation sites (tertiary alicyclic amines) is 1. The van der Waals surface area contributed by atoms with E-state index in [4.69, 9.17) is 21.4 Å². The third kappa shape index (κ3) is 6.69. The maximum Gasteiger partial charge on any atom is 0.240 e. The molecule has 0 unspecified atom stereocenters. The number of halogens is 1. The first-order valence-electron chi connectivity index (χ1n) is 9.76. The van der Waals surface area contributed by atoms with Crippen LogP contribution in [0.4, 0.5) is 0 Å². The van der Waals surface area contributed by atoms with Crippen LogP contribution in [-0.2, 0) is 16.6 Å². The number of aliphatic hydroxyl groups is 1. The van der Waals surface area contributed by atoms with Crippen molar-refractivity contribution in [1.82, 2.24) is 9.62 Å². The molecule has 0 saturated carbocycles. The van der Waals surface area contributed by atoms with Gasteiger partial charge in [0, 0.05) is 24.7 Å². The van der Waals surface area contributed by atoms with E-state index in [2.05, 4.69) is 15.7 Å². The van der Waals surface area contributed by atoms with Gasteiger partial charge in [0.15, 0.2) is 0 Å². The highest BCUT2D eigenvalue weighted by atomic mass is 35.5. The fraction of sp³-hybridized carbons (Fsp3) is 0.429. The van der Waals surface area contributed by atoms with Crippen molar-refractivity contribution in [2.75, 3.05) is 32.8 Å². The van der Waals surface area contributed by atoms with Gasteiger partial charge >= 0.3 is 0 Å². The van der Waals surface area contributed by atoms with E-state index >= 15 is 0 Å². The Labute approximate surface area is 177 Å². The van der Waals surface area contributed by atoms with Crippen LogP contribution in [0.25, 0.3) is 0 Å². The SMILES string of the molecule is O=S(=O)(NC[C@@H]1CCCN(Cc2cccc(OCCO)c2)C1)c1ccc(Cl)cc1. The monoisotopic (exact) mass is 438 g/mol. The van der Waals surface area contributed by atoms with Gasteiger partial charge in [0.05, 0.1) is 11.5 Å². The van der Waals surface area contributed by atoms with Crippen LogP contribution >= 0.6 is 11.6 Å². The van der Waals surface area contributed by atoms with Crippen molar-refractivity contribution in [2.45, 2.75) is 24.3 Å². The lowest BCUT2D eigenvalue weighted by molar-refractivity contribution is 0.168. The molecule has 0 aliphatic carbocycles. The Balaban J connectivity index is 1.53. The third-order valence-corrected chi connectivity index (χ3v) is 6.65. The Morgan fingerprint density at radius 3 is 2.76 bits per heavy atom. The zero-order valence-corrected chi connectivity index (χ0v) is 17.8. The summed E-state index contributed by atoms with van der Waals surface area (Å²) in [6, 6.07) is 14.1. The van der Waals surface area contributed by atoms with Crippen LogP contribution in [0.2, 0.25) is 5.02 Å². The van der Waals surface area contributed by atoms with E-state index < -0.39 is 10.0 Å². The van der Waals surface area contributed by atoms with E-state index in [1.807, 2.05) is 18.2 Å². The zero-order valence-electron chi connectivity index (χ0n) is 16.3. The fourth-order valence-electron chi connectivity index (χ4n) is 3.54. The minimum absolute atomic E-state index is 0.00996. The van der Waals surface area contributed by atoms with Gasteiger partial charge in [0.1, 0.15) is 12.4 Å². The number of hydrogen-bond acceptors (Lipinski definition) is 5. The smallest absolute Gasteiger partial charge is 0.240 e. The average molecular weight is 439 g/mol. The molecule has 1 heterocycles. The van der Waals surface area contributed by atoms with E-state index in [0.29, 0.717) is 11.6 Å². The molecule has 0 bridgehead atoms. The summed E-state index contributed by atoms with van der Waals surface area (Å²) in [6.07, 6.45) is 2.04. The van der Waals surface area contributed by atoms with Gasteiger partial charge in [0.25, 0.3) is 0 Å². The van der Waals surface area contributed by atoms with Gasteiger partial charge in [-0.05, 0) is 67.3 Å². The van der Waals surface area contributed by atoms with Crippen LogP contribution < -0.4 is 9.46 Å². The molecule has 1 atom stereocenters. The van der Waals surface area contributed by atoms with Crippen LogP contribution in [0.15, 0.2) is 53.4 Å². The van der Waals surface area contributed by atoms with Crippen LogP contribution in [-0.4, -0.2) is 51.3 Å². The van der Waals surface area contributed by atoms with Crippen LogP contribution in [0.3, 0.4) is 0 Å². The summed E-state index contributed by atoms with van der Waals surface area (Å²) in [5, 5.41) is 9.40. The van der Waals surface area contributed by atoms with Crippen molar-refractivity contribution in [1.29, 1.82) is 0 Å². The predicted molar refractivity (Wildman–Crippen MR) is 114 cm³/mol. The van der Waals surface area contributed by atoms with E-state index in [9.17, 15) is 8.42 Å². The molecule has 1 aliphatic heterocycles. The molecule has 0 aromatic heterocycles. The van der Waals surface area contributed by atoms with Crippen LogP contribution in [0.5, 0.6) is 5.75 Å². The minimum atomic E-state index is -3.53. The molecule has 8 heteroatoms. The summed E-state index contributed by atoms with van der Waals surface area (Å²) in [5.74, 6) is 1.01. The summed E-state index contributed by atoms with van der Waals surface area (Å²) in [4.78, 5) is 2.57. The van der Waals surface area contributed by atoms with Crippen molar-refractivity contribution in [3.8, 4) is 5.75 Å². The van der Waals surface area contributed by atoms with Gasteiger partial charge in [-0.15, -0.1) is 0 Å². The van der Waals surface area contributed by atoms with Crippen molar-refractivity contribution in [3.63, 3.8) is 0 Å². The predicted octanol–water partition coefficient (Wildman–Crippen LogP) is 2.90. The molecule has 29 heavy (non-hydrogen) atoms. The Morgan fingerprint density at radius 1 is 1.21 bits per heavy atom. The van der Waals surface area contributed by atoms with E-state index in [1.165, 1.54) is 12.1 Å². The molecular formula is C21H27ClN2O4S. The number of ether oxygens (including phenoxy) is 1. The van der Waals surface area contributed by atoms with Crippen LogP contribution in [0, 0.1) is 5.92 Å². The number of sulfonamides is 1. The first kappa shape index (κ1) is 22.1. The topological polar surface area (TPSA) is 78.9 Å². The van der Waals surface area contributed by atoms with Crippen molar-refractivity contribution in [3.05, 3.63) is 59.1 Å². The molecule has 1 saturated heterocycles. The molecule has 0 spiro atoms. The minimum Gasteiger partial charge on any atom is -0.491 e. The summed E-state index contributed by atoms with van der Waals surface area (Å²) in [7, 11) is -3.53. The Morgan fingerprint density at radius 2 is 2.00 bits per heavy atom. The molecule has 1 fully saturated rings. The number of rotatable bonds is 9. The van der Waals surface area contributed by atoms with Gasteiger partial charge in [-0.3, -0.25) is 4.90 Å². The highest BCUT2D eigenvalue weighted by Crippen LogP contribution is 2.21. The highest BCUT2D eigenvalue weighted by Gasteiger charge is 2.22. The molecule has 1 aliphatic rings. The summed E-state index contributed by atoms with van der Waals surface area (Å²) in [6.45, 7) is 3.30. The Hall–Kier alpha value is -1.64. The molecule has 0 amide bonds. The van der Waals surface area contributed by atoms with Crippen LogP contribution in [0.1, 0.15) is 18.4 Å². The lowest BCUT2D eigenvalue weighted by Gasteiger charge is -2.32. The van der Waals surface area contributed by atoms with Gasteiger partial charge in [0.2, 0.25) is 10.0 Å². The highest BCUT2D eigenvalue weighted by molar-refractivity contribution is 7.89. The lowest BCUT2D eigenvalue weighted by atomic mass is 9.98. The summed E-state index contributed by atoms with van der Waals surface area (Å²) >= 11 is 5.84. The molecule has 3 rings (SSSR count). The van der Waals surface area contributed by atoms with Crippen molar-refractivity contribution < 1.29 is 18.3 Å². The summed E-state index contributed by atoms with van der Waals surface area (Å²) < 4.78 is 33.2. The van der Waals surface area contributed by atoms with E-state index in [-0.39, 0.29) is 24.0 Å². The largest absolute Gasteiger partial charge is 0.491 e. The number of hydrogen-bond donors (Lipinski definition) is 2. The molecule has 2 aromatic rings. The normalized spacial score (nSPS) is 17.9. The molecule has 6 nitrogen and oxygen atoms in total. The second-order valence-electron chi connectivity index (χ2n) is 7.27. The van der Waals surface area contributed by atoms with Crippen molar-refractivity contribution in [2.24, 2.45) is 5.92 Å². The molecule has 158 valence electrons. The Kier molecular flexibility index (Phi) is 7.91. The van der Waals surface area contributed by atoms with Crippen molar-refractivity contribution >= 4 is 21.6 Å². The Bertz CT molecular complexity index is 890. The first-order chi connectivity index (χ1) is 14.0. The maximum absolute atomic E-state index is 12.5. The average Bonchev–Trinajstić information content (AvgIpc) is 2.72. The first-order valence-corrected chi connectivity index (χ1v) is 11.6. The number of nitrogens with zero attached hydrogens (tertiary/aromatic N) is 1. The second-order valence-corrected chi connectivity index (χ2v) is 9.47. The number of aliphatic hydroxyl groups excluding tert-OH is 1. The van der Waals surface area contributed by atoms with E-state index in [0.717, 1.165) is 43.8 Å². The van der Waals surface area contributed by atoms with Gasteiger partial charge in [-0.2, -0.15) is 0 Å². The second kappa shape index (κ2) is 10.4. The van der Waals surface area contributed by atoms with Gasteiger partial charge in [-0.25, -0.2) is 13.1 Å². The zero-order chi connectivity index (χ0) is 20.7. The number of piperidine rings is 1. The van der Waals surface area contributed by atoms with Gasteiger partial charge in [-0.1, -0.05) is 23.7 Å². The number of nitrogens with one attached hydrogen (secondary N) is 1. The molecule has 0 radical (unpaired) electrons. The quantitative estimate of drug-likeness (QED) is 0.629. The molecular weight excluding hydrogens is 412 g/mol. The third-order valence-electron chi connectivity index (χ3n) is 4.95. The fourth-order valence-corrected chi connectivity index (χ4v) is 4.78. The van der Waals surface area contributed by atoms with E-state index in [1.54, 1.807) is 12.1 Å². The van der Waals surface area contributed by atoms with Gasteiger partial charge < -0.3 is 9.84 Å². The molecule has 2 aromatic carbocycles. The molecule has 2 N–H and O–H groups in total. The standard InChI is InChI=1S/C21H27ClN2O4S/c22-19-6-8-21(9-7-19)29(26,27)23-14-18-4-2-10-24(16-18)15-17-3-1-5-20(13-17)28-12-11-25/h1,3,5-9,13,18,23,25H,2,4,10-12,14-16H2/t18-/m0/s1. The lowest BCUT2D eigenvalue weighted by Crippen LogP contribution is -2.40. The number of benzene rings is 2. The summed E-state index contributed by atoms with van der Waals surface area (Å²) in [5.41, 5.74) is 1.14. The maximum atomic E-state index is 12.5.